The van der Waals surface area contributed by atoms with Crippen molar-refractivity contribution in [2.24, 2.45) is 0 Å². The van der Waals surface area contributed by atoms with Crippen LogP contribution in [0.3, 0.4) is 0 Å². The molecule has 0 saturated heterocycles. The van der Waals surface area contributed by atoms with E-state index in [1.807, 2.05) is 63.7 Å². The Hall–Kier alpha value is -1.23. The Labute approximate surface area is 179 Å². The Morgan fingerprint density at radius 3 is 2.48 bits per heavy atom. The van der Waals surface area contributed by atoms with Crippen molar-refractivity contribution in [2.75, 3.05) is 18.2 Å². The molecule has 1 N–H and O–H groups in total. The van der Waals surface area contributed by atoms with Crippen LogP contribution in [0.2, 0.25) is 5.02 Å². The molecule has 1 heterocycles. The number of fused-ring (bicyclic) bond motifs is 1. The van der Waals surface area contributed by atoms with Crippen LogP contribution in [-0.4, -0.2) is 17.9 Å². The molecule has 0 bridgehead atoms. The van der Waals surface area contributed by atoms with Crippen molar-refractivity contribution in [3.63, 3.8) is 0 Å². The summed E-state index contributed by atoms with van der Waals surface area (Å²) in [7, 11) is 1.72. The van der Waals surface area contributed by atoms with Gasteiger partial charge in [0.05, 0.1) is 17.3 Å². The number of ether oxygens (including phenoxy) is 1. The first-order chi connectivity index (χ1) is 13.1. The molecule has 2 aromatic carbocycles. The number of hydrogen-bond donors (Lipinski definition) is 1. The molecular formula is C22H30ClNOS2. The van der Waals surface area contributed by atoms with Crippen molar-refractivity contribution in [3.05, 3.63) is 58.1 Å². The van der Waals surface area contributed by atoms with E-state index in [-0.39, 0.29) is 5.25 Å². The highest BCUT2D eigenvalue weighted by Crippen LogP contribution is 2.45. The maximum Gasteiger partial charge on any atom is 0.122 e. The molecule has 0 unspecified atom stereocenters. The van der Waals surface area contributed by atoms with Crippen molar-refractivity contribution in [1.29, 1.82) is 0 Å². The summed E-state index contributed by atoms with van der Waals surface area (Å²) in [6, 6.07) is 12.2. The van der Waals surface area contributed by atoms with Gasteiger partial charge in [-0.3, -0.25) is 0 Å². The first-order valence-electron chi connectivity index (χ1n) is 9.50. The lowest BCUT2D eigenvalue weighted by Gasteiger charge is -2.21. The molecule has 1 atom stereocenters. The lowest BCUT2D eigenvalue weighted by molar-refractivity contribution is 0.409. The lowest BCUT2D eigenvalue weighted by atomic mass is 9.96. The molecule has 0 spiro atoms. The predicted molar refractivity (Wildman–Crippen MR) is 127 cm³/mol. The van der Waals surface area contributed by atoms with Crippen molar-refractivity contribution in [2.45, 2.75) is 46.3 Å². The standard InChI is InChI=1S/C18H18ClNOS2.2C2H6/c1-3-12-13(5-4-6-16(12)21-2)18-14-9-11(19)7-8-15(14)20-17(22)10-23-18;2*1-2/h4-9,18H,3,10H2,1-2H3,(H,20,22);2*1-2H3/t18-;;/m1../s1. The Morgan fingerprint density at radius 2 is 1.85 bits per heavy atom. The minimum absolute atomic E-state index is 0.182. The molecule has 0 aromatic heterocycles. The highest BCUT2D eigenvalue weighted by molar-refractivity contribution is 8.01. The summed E-state index contributed by atoms with van der Waals surface area (Å²) in [5, 5.41) is 4.26. The van der Waals surface area contributed by atoms with Gasteiger partial charge < -0.3 is 10.1 Å². The van der Waals surface area contributed by atoms with E-state index in [0.717, 1.165) is 33.6 Å². The zero-order valence-electron chi connectivity index (χ0n) is 17.1. The van der Waals surface area contributed by atoms with E-state index < -0.39 is 0 Å². The molecule has 0 fully saturated rings. The monoisotopic (exact) mass is 423 g/mol. The fraction of sp³-hybridized carbons (Fsp3) is 0.409. The van der Waals surface area contributed by atoms with Crippen LogP contribution in [0.15, 0.2) is 36.4 Å². The zero-order valence-corrected chi connectivity index (χ0v) is 19.4. The van der Waals surface area contributed by atoms with Gasteiger partial charge in [-0.05, 0) is 47.4 Å². The predicted octanol–water partition coefficient (Wildman–Crippen LogP) is 7.54. The van der Waals surface area contributed by atoms with Crippen LogP contribution in [0.25, 0.3) is 0 Å². The first-order valence-corrected chi connectivity index (χ1v) is 11.3. The second kappa shape index (κ2) is 12.3. The SMILES string of the molecule is CC.CC.CCc1c(OC)cccc1[C@H]1SCC(=S)Nc2ccc(Cl)cc21. The topological polar surface area (TPSA) is 21.3 Å². The van der Waals surface area contributed by atoms with Gasteiger partial charge in [-0.2, -0.15) is 0 Å². The second-order valence-corrected chi connectivity index (χ2v) is 7.38. The number of benzene rings is 2. The molecule has 0 amide bonds. The average Bonchev–Trinajstić information content (AvgIpc) is 2.88. The van der Waals surface area contributed by atoms with Crippen LogP contribution in [0.4, 0.5) is 5.69 Å². The average molecular weight is 424 g/mol. The summed E-state index contributed by atoms with van der Waals surface area (Å²) in [4.78, 5) is 0.849. The van der Waals surface area contributed by atoms with Crippen molar-refractivity contribution in [1.82, 2.24) is 0 Å². The third-order valence-corrected chi connectivity index (χ3v) is 5.94. The van der Waals surface area contributed by atoms with Gasteiger partial charge in [-0.25, -0.2) is 0 Å². The van der Waals surface area contributed by atoms with Crippen LogP contribution in [-0.2, 0) is 6.42 Å². The van der Waals surface area contributed by atoms with Crippen LogP contribution >= 0.6 is 35.6 Å². The van der Waals surface area contributed by atoms with Crippen molar-refractivity contribution >= 4 is 46.3 Å². The van der Waals surface area contributed by atoms with Gasteiger partial charge >= 0.3 is 0 Å². The number of hydrogen-bond acceptors (Lipinski definition) is 3. The fourth-order valence-corrected chi connectivity index (χ4v) is 4.61. The number of nitrogens with one attached hydrogen (secondary N) is 1. The summed E-state index contributed by atoms with van der Waals surface area (Å²) in [6.07, 6.45) is 0.921. The van der Waals surface area contributed by atoms with Gasteiger partial charge in [0, 0.05) is 16.5 Å². The Kier molecular flexibility index (Phi) is 10.8. The molecular weight excluding hydrogens is 394 g/mol. The fourth-order valence-electron chi connectivity index (χ4n) is 2.95. The molecule has 0 aliphatic carbocycles. The minimum Gasteiger partial charge on any atom is -0.496 e. The Bertz CT molecular complexity index is 749. The highest BCUT2D eigenvalue weighted by Gasteiger charge is 2.25. The van der Waals surface area contributed by atoms with Crippen molar-refractivity contribution in [3.8, 4) is 5.75 Å². The molecule has 2 aromatic rings. The maximum atomic E-state index is 6.26. The van der Waals surface area contributed by atoms with Crippen molar-refractivity contribution < 1.29 is 4.74 Å². The third-order valence-electron chi connectivity index (χ3n) is 3.98. The molecule has 0 saturated carbocycles. The molecule has 5 heteroatoms. The van der Waals surface area contributed by atoms with Gasteiger partial charge in [0.2, 0.25) is 0 Å². The van der Waals surface area contributed by atoms with Gasteiger partial charge in [0.25, 0.3) is 0 Å². The molecule has 2 nitrogen and oxygen atoms in total. The summed E-state index contributed by atoms with van der Waals surface area (Å²) in [6.45, 7) is 10.2. The number of halogens is 1. The first kappa shape index (κ1) is 23.8. The molecule has 1 aliphatic rings. The Morgan fingerprint density at radius 1 is 1.15 bits per heavy atom. The summed E-state index contributed by atoms with van der Waals surface area (Å²) >= 11 is 13.5. The maximum absolute atomic E-state index is 6.26. The van der Waals surface area contributed by atoms with E-state index in [1.54, 1.807) is 7.11 Å². The van der Waals surface area contributed by atoms with Gasteiger partial charge in [-0.1, -0.05) is 70.6 Å². The molecule has 3 rings (SSSR count). The van der Waals surface area contributed by atoms with E-state index in [9.17, 15) is 0 Å². The van der Waals surface area contributed by atoms with Gasteiger partial charge in [0.1, 0.15) is 5.75 Å². The van der Waals surface area contributed by atoms with Crippen LogP contribution in [0.5, 0.6) is 5.75 Å². The number of rotatable bonds is 3. The number of anilines is 1. The van der Waals surface area contributed by atoms with E-state index in [4.69, 9.17) is 28.6 Å². The van der Waals surface area contributed by atoms with Gasteiger partial charge in [0.15, 0.2) is 0 Å². The van der Waals surface area contributed by atoms with Crippen LogP contribution < -0.4 is 10.1 Å². The number of thiocarbonyl (C=S) groups is 1. The lowest BCUT2D eigenvalue weighted by Crippen LogP contribution is -2.09. The zero-order chi connectivity index (χ0) is 20.4. The van der Waals surface area contributed by atoms with Crippen LogP contribution in [0, 0.1) is 0 Å². The van der Waals surface area contributed by atoms with Gasteiger partial charge in [-0.15, -0.1) is 11.8 Å². The quantitative estimate of drug-likeness (QED) is 0.514. The molecule has 27 heavy (non-hydrogen) atoms. The second-order valence-electron chi connectivity index (χ2n) is 5.35. The highest BCUT2D eigenvalue weighted by atomic mass is 35.5. The smallest absolute Gasteiger partial charge is 0.122 e. The summed E-state index contributed by atoms with van der Waals surface area (Å²) in [5.41, 5.74) is 4.72. The normalized spacial score (nSPS) is 15.1. The summed E-state index contributed by atoms with van der Waals surface area (Å²) < 4.78 is 5.56. The van der Waals surface area contributed by atoms with E-state index in [2.05, 4.69) is 24.4 Å². The Balaban J connectivity index is 0.000000855. The molecule has 0 radical (unpaired) electrons. The van der Waals surface area contributed by atoms with Crippen LogP contribution in [0.1, 0.15) is 56.6 Å². The minimum atomic E-state index is 0.182. The van der Waals surface area contributed by atoms with E-state index in [0.29, 0.717) is 0 Å². The third kappa shape index (κ3) is 5.87. The summed E-state index contributed by atoms with van der Waals surface area (Å²) in [5.74, 6) is 1.72. The molecule has 1 aliphatic heterocycles. The number of thioether (sulfide) groups is 1. The number of methoxy groups -OCH3 is 1. The largest absolute Gasteiger partial charge is 0.496 e. The van der Waals surface area contributed by atoms with E-state index in [1.165, 1.54) is 16.7 Å². The van der Waals surface area contributed by atoms with E-state index >= 15 is 0 Å². The molecule has 148 valence electrons.